The number of hydrogen-bond donors (Lipinski definition) is 0. The van der Waals surface area contributed by atoms with Crippen LogP contribution in [0.2, 0.25) is 0 Å². The molecule has 3 nitrogen and oxygen atoms in total. The van der Waals surface area contributed by atoms with Gasteiger partial charge in [-0.2, -0.15) is 0 Å². The number of aliphatic imine (C=N–C) groups is 1. The number of ether oxygens (including phenoxy) is 1. The van der Waals surface area contributed by atoms with Crippen LogP contribution in [0.3, 0.4) is 0 Å². The minimum absolute atomic E-state index is 0.199. The lowest BCUT2D eigenvalue weighted by atomic mass is 10.0. The van der Waals surface area contributed by atoms with Gasteiger partial charge in [-0.05, 0) is 54.8 Å². The van der Waals surface area contributed by atoms with Crippen LogP contribution in [0, 0.1) is 12.7 Å². The molecule has 0 bridgehead atoms. The van der Waals surface area contributed by atoms with Gasteiger partial charge in [0.15, 0.2) is 5.70 Å². The number of cyclic esters (lactones) is 1. The number of carbonyl (C=O) groups is 1. The van der Waals surface area contributed by atoms with E-state index in [0.29, 0.717) is 5.56 Å². The van der Waals surface area contributed by atoms with Gasteiger partial charge < -0.3 is 4.74 Å². The number of aryl methyl sites for hydroxylation is 1. The standard InChI is InChI=1S/C20H16FNO2/c1-3-5-16-13(2)6-4-7-17(16)19-22-18(20(23)24-19)12-14-8-10-15(21)11-9-14/h3-12H,1-2H3/b5-3-,18-12-. The third-order valence-corrected chi connectivity index (χ3v) is 3.68. The molecule has 1 aliphatic heterocycles. The lowest BCUT2D eigenvalue weighted by Gasteiger charge is -2.07. The molecule has 0 N–H and O–H groups in total. The molecule has 0 aliphatic carbocycles. The topological polar surface area (TPSA) is 38.7 Å². The minimum atomic E-state index is -0.512. The Morgan fingerprint density at radius 2 is 1.88 bits per heavy atom. The number of allylic oxidation sites excluding steroid dienone is 1. The van der Waals surface area contributed by atoms with Gasteiger partial charge in [0.25, 0.3) is 0 Å². The molecule has 0 aromatic heterocycles. The number of carbonyl (C=O) groups excluding carboxylic acids is 1. The fourth-order valence-corrected chi connectivity index (χ4v) is 2.50. The van der Waals surface area contributed by atoms with E-state index in [4.69, 9.17) is 4.74 Å². The summed E-state index contributed by atoms with van der Waals surface area (Å²) >= 11 is 0. The van der Waals surface area contributed by atoms with E-state index in [0.717, 1.165) is 16.7 Å². The summed E-state index contributed by atoms with van der Waals surface area (Å²) in [5.74, 6) is -0.557. The van der Waals surface area contributed by atoms with E-state index in [1.807, 2.05) is 44.2 Å². The molecule has 0 saturated carbocycles. The molecule has 2 aromatic rings. The molecule has 24 heavy (non-hydrogen) atoms. The molecule has 1 heterocycles. The van der Waals surface area contributed by atoms with Crippen molar-refractivity contribution in [3.63, 3.8) is 0 Å². The summed E-state index contributed by atoms with van der Waals surface area (Å²) < 4.78 is 18.3. The van der Waals surface area contributed by atoms with E-state index in [9.17, 15) is 9.18 Å². The van der Waals surface area contributed by atoms with Crippen molar-refractivity contribution < 1.29 is 13.9 Å². The van der Waals surface area contributed by atoms with Gasteiger partial charge in [0.2, 0.25) is 5.90 Å². The molecule has 0 fully saturated rings. The Balaban J connectivity index is 2.01. The van der Waals surface area contributed by atoms with Gasteiger partial charge in [0.1, 0.15) is 5.82 Å². The maximum Gasteiger partial charge on any atom is 0.363 e. The summed E-state index contributed by atoms with van der Waals surface area (Å²) in [5.41, 5.74) is 3.69. The molecule has 0 unspecified atom stereocenters. The number of esters is 1. The Morgan fingerprint density at radius 1 is 1.12 bits per heavy atom. The average Bonchev–Trinajstić information content (AvgIpc) is 2.92. The molecular weight excluding hydrogens is 305 g/mol. The van der Waals surface area contributed by atoms with E-state index >= 15 is 0 Å². The van der Waals surface area contributed by atoms with Crippen molar-refractivity contribution in [1.29, 1.82) is 0 Å². The lowest BCUT2D eigenvalue weighted by Crippen LogP contribution is -2.07. The second-order valence-corrected chi connectivity index (χ2v) is 5.42. The normalized spacial score (nSPS) is 15.9. The van der Waals surface area contributed by atoms with Crippen LogP contribution in [0.5, 0.6) is 0 Å². The molecule has 3 rings (SSSR count). The Labute approximate surface area is 139 Å². The molecule has 0 radical (unpaired) electrons. The molecule has 1 aliphatic rings. The van der Waals surface area contributed by atoms with Crippen molar-refractivity contribution in [2.45, 2.75) is 13.8 Å². The average molecular weight is 321 g/mol. The van der Waals surface area contributed by atoms with Crippen molar-refractivity contribution in [2.75, 3.05) is 0 Å². The summed E-state index contributed by atoms with van der Waals surface area (Å²) in [6.07, 6.45) is 5.47. The molecule has 0 saturated heterocycles. The molecule has 2 aromatic carbocycles. The van der Waals surface area contributed by atoms with Crippen LogP contribution in [0.15, 0.2) is 59.2 Å². The Kier molecular flexibility index (Phi) is 4.38. The molecule has 4 heteroatoms. The predicted octanol–water partition coefficient (Wildman–Crippen LogP) is 4.51. The third-order valence-electron chi connectivity index (χ3n) is 3.68. The molecule has 0 amide bonds. The summed E-state index contributed by atoms with van der Waals surface area (Å²) in [6.45, 7) is 3.92. The molecule has 0 atom stereocenters. The van der Waals surface area contributed by atoms with Crippen molar-refractivity contribution in [3.05, 3.63) is 82.3 Å². The second kappa shape index (κ2) is 6.62. The van der Waals surface area contributed by atoms with Gasteiger partial charge in [-0.25, -0.2) is 14.2 Å². The van der Waals surface area contributed by atoms with Gasteiger partial charge in [-0.3, -0.25) is 0 Å². The monoisotopic (exact) mass is 321 g/mol. The highest BCUT2D eigenvalue weighted by Gasteiger charge is 2.25. The fraction of sp³-hybridized carbons (Fsp3) is 0.100. The maximum absolute atomic E-state index is 13.0. The van der Waals surface area contributed by atoms with Crippen molar-refractivity contribution in [3.8, 4) is 0 Å². The third kappa shape index (κ3) is 3.18. The van der Waals surface area contributed by atoms with Crippen LogP contribution in [-0.4, -0.2) is 11.9 Å². The van der Waals surface area contributed by atoms with Gasteiger partial charge in [0, 0.05) is 5.56 Å². The van der Waals surface area contributed by atoms with Crippen LogP contribution >= 0.6 is 0 Å². The first-order valence-electron chi connectivity index (χ1n) is 7.59. The van der Waals surface area contributed by atoms with Crippen LogP contribution in [0.4, 0.5) is 4.39 Å². The Morgan fingerprint density at radius 3 is 2.58 bits per heavy atom. The van der Waals surface area contributed by atoms with E-state index in [2.05, 4.69) is 4.99 Å². The van der Waals surface area contributed by atoms with Crippen molar-refractivity contribution in [1.82, 2.24) is 0 Å². The highest BCUT2D eigenvalue weighted by molar-refractivity contribution is 6.14. The maximum atomic E-state index is 13.0. The zero-order chi connectivity index (χ0) is 17.1. The van der Waals surface area contributed by atoms with Gasteiger partial charge in [-0.1, -0.05) is 36.4 Å². The number of benzene rings is 2. The summed E-state index contributed by atoms with van der Waals surface area (Å²) in [7, 11) is 0. The van der Waals surface area contributed by atoms with Crippen molar-refractivity contribution in [2.24, 2.45) is 4.99 Å². The summed E-state index contributed by atoms with van der Waals surface area (Å²) in [6, 6.07) is 11.6. The predicted molar refractivity (Wildman–Crippen MR) is 92.9 cm³/mol. The van der Waals surface area contributed by atoms with E-state index < -0.39 is 5.97 Å². The Hall–Kier alpha value is -3.01. The first-order chi connectivity index (χ1) is 11.6. The highest BCUT2D eigenvalue weighted by atomic mass is 19.1. The zero-order valence-electron chi connectivity index (χ0n) is 13.4. The smallest absolute Gasteiger partial charge is 0.363 e. The zero-order valence-corrected chi connectivity index (χ0v) is 13.4. The van der Waals surface area contributed by atoms with Crippen LogP contribution in [-0.2, 0) is 9.53 Å². The van der Waals surface area contributed by atoms with E-state index in [1.54, 1.807) is 18.2 Å². The summed E-state index contributed by atoms with van der Waals surface area (Å²) in [4.78, 5) is 16.4. The minimum Gasteiger partial charge on any atom is -0.402 e. The number of halogens is 1. The first-order valence-corrected chi connectivity index (χ1v) is 7.59. The summed E-state index contributed by atoms with van der Waals surface area (Å²) in [5, 5.41) is 0. The first kappa shape index (κ1) is 15.9. The van der Waals surface area contributed by atoms with E-state index in [-0.39, 0.29) is 17.4 Å². The SMILES string of the molecule is C/C=C\c1c(C)cccc1C1=N/C(=C\c2ccc(F)cc2)C(=O)O1. The van der Waals surface area contributed by atoms with Crippen LogP contribution < -0.4 is 0 Å². The van der Waals surface area contributed by atoms with Crippen LogP contribution in [0.1, 0.15) is 29.2 Å². The quantitative estimate of drug-likeness (QED) is 0.616. The molecular formula is C20H16FNO2. The number of rotatable bonds is 3. The largest absolute Gasteiger partial charge is 0.402 e. The Bertz CT molecular complexity index is 877. The second-order valence-electron chi connectivity index (χ2n) is 5.42. The van der Waals surface area contributed by atoms with Crippen molar-refractivity contribution >= 4 is 24.0 Å². The van der Waals surface area contributed by atoms with E-state index in [1.165, 1.54) is 12.1 Å². The molecule has 0 spiro atoms. The number of nitrogens with zero attached hydrogens (tertiary/aromatic N) is 1. The van der Waals surface area contributed by atoms with Gasteiger partial charge >= 0.3 is 5.97 Å². The highest BCUT2D eigenvalue weighted by Crippen LogP contribution is 2.24. The fourth-order valence-electron chi connectivity index (χ4n) is 2.50. The van der Waals surface area contributed by atoms with Gasteiger partial charge in [-0.15, -0.1) is 0 Å². The molecule has 120 valence electrons. The van der Waals surface area contributed by atoms with Gasteiger partial charge in [0.05, 0.1) is 0 Å². The lowest BCUT2D eigenvalue weighted by molar-refractivity contribution is -0.129. The van der Waals surface area contributed by atoms with Crippen LogP contribution in [0.25, 0.3) is 12.2 Å². The number of hydrogen-bond acceptors (Lipinski definition) is 3.